The summed E-state index contributed by atoms with van der Waals surface area (Å²) in [4.78, 5) is 15.5. The van der Waals surface area contributed by atoms with Crippen LogP contribution in [0.5, 0.6) is 5.75 Å². The maximum absolute atomic E-state index is 11.3. The number of ether oxygens (including phenoxy) is 1. The molecule has 5 heteroatoms. The van der Waals surface area contributed by atoms with Crippen molar-refractivity contribution in [2.45, 2.75) is 38.1 Å². The van der Waals surface area contributed by atoms with Crippen molar-refractivity contribution in [2.75, 3.05) is 13.2 Å². The minimum absolute atomic E-state index is 0.198. The van der Waals surface area contributed by atoms with E-state index in [1.165, 1.54) is 37.7 Å². The second kappa shape index (κ2) is 9.34. The molecule has 0 saturated heterocycles. The Morgan fingerprint density at radius 1 is 1.19 bits per heavy atom. The third-order valence-electron chi connectivity index (χ3n) is 5.01. The first-order valence-corrected chi connectivity index (χ1v) is 9.34. The highest BCUT2D eigenvalue weighted by Gasteiger charge is 2.24. The van der Waals surface area contributed by atoms with Crippen LogP contribution in [0.1, 0.15) is 54.1 Å². The highest BCUT2D eigenvalue weighted by atomic mass is 16.5. The van der Waals surface area contributed by atoms with Crippen LogP contribution in [0.3, 0.4) is 0 Å². The molecule has 1 unspecified atom stereocenters. The summed E-state index contributed by atoms with van der Waals surface area (Å²) in [6.45, 7) is 1.08. The number of hydrogen-bond donors (Lipinski definition) is 2. The molecule has 0 aliphatic heterocycles. The van der Waals surface area contributed by atoms with Crippen LogP contribution >= 0.6 is 0 Å². The zero-order chi connectivity index (χ0) is 18.2. The van der Waals surface area contributed by atoms with Gasteiger partial charge >= 0.3 is 5.97 Å². The fourth-order valence-corrected chi connectivity index (χ4v) is 3.73. The number of carboxylic acids is 1. The molecule has 1 fully saturated rings. The number of carboxylic acid groups (broad SMARTS) is 1. The summed E-state index contributed by atoms with van der Waals surface area (Å²) in [6, 6.07) is 11.1. The van der Waals surface area contributed by atoms with Gasteiger partial charge in [-0.05, 0) is 42.5 Å². The van der Waals surface area contributed by atoms with Crippen LogP contribution in [0.15, 0.2) is 48.8 Å². The summed E-state index contributed by atoms with van der Waals surface area (Å²) >= 11 is 0. The second-order valence-corrected chi connectivity index (χ2v) is 6.77. The van der Waals surface area contributed by atoms with Gasteiger partial charge in [0.05, 0.1) is 0 Å². The number of rotatable bonds is 8. The Bertz CT molecular complexity index is 699. The van der Waals surface area contributed by atoms with Gasteiger partial charge in [-0.15, -0.1) is 0 Å². The van der Waals surface area contributed by atoms with Gasteiger partial charge in [0, 0.05) is 25.0 Å². The molecular formula is C21H26N2O3. The number of aromatic nitrogens is 1. The molecule has 0 amide bonds. The molecule has 1 aliphatic carbocycles. The predicted molar refractivity (Wildman–Crippen MR) is 100 cm³/mol. The molecule has 1 aromatic carbocycles. The van der Waals surface area contributed by atoms with Crippen LogP contribution in [0, 0.1) is 5.92 Å². The molecule has 1 atom stereocenters. The summed E-state index contributed by atoms with van der Waals surface area (Å²) in [5.41, 5.74) is 1.41. The third-order valence-corrected chi connectivity index (χ3v) is 5.01. The Kier molecular flexibility index (Phi) is 6.61. The summed E-state index contributed by atoms with van der Waals surface area (Å²) in [5.74, 6) is 0.0562. The van der Waals surface area contributed by atoms with Crippen LogP contribution in [0.25, 0.3) is 0 Å². The van der Waals surface area contributed by atoms with E-state index in [1.807, 2.05) is 12.3 Å². The van der Waals surface area contributed by atoms with Gasteiger partial charge in [-0.1, -0.05) is 37.5 Å². The zero-order valence-corrected chi connectivity index (χ0v) is 14.9. The molecule has 2 aromatic rings. The first-order valence-electron chi connectivity index (χ1n) is 9.34. The molecule has 138 valence electrons. The average molecular weight is 354 g/mol. The molecule has 26 heavy (non-hydrogen) atoms. The molecule has 3 rings (SSSR count). The van der Waals surface area contributed by atoms with Crippen molar-refractivity contribution in [3.8, 4) is 5.75 Å². The smallest absolute Gasteiger partial charge is 0.339 e. The molecule has 5 nitrogen and oxygen atoms in total. The van der Waals surface area contributed by atoms with E-state index in [0.717, 1.165) is 0 Å². The lowest BCUT2D eigenvalue weighted by Gasteiger charge is -2.31. The summed E-state index contributed by atoms with van der Waals surface area (Å²) in [5, 5.41) is 12.8. The quantitative estimate of drug-likeness (QED) is 0.699. The molecule has 1 saturated carbocycles. The van der Waals surface area contributed by atoms with Gasteiger partial charge in [-0.25, -0.2) is 4.79 Å². The summed E-state index contributed by atoms with van der Waals surface area (Å²) in [7, 11) is 0. The van der Waals surface area contributed by atoms with Crippen LogP contribution in [0.2, 0.25) is 0 Å². The van der Waals surface area contributed by atoms with Crippen molar-refractivity contribution in [1.29, 1.82) is 0 Å². The van der Waals surface area contributed by atoms with Crippen molar-refractivity contribution in [1.82, 2.24) is 10.3 Å². The number of benzene rings is 1. The monoisotopic (exact) mass is 354 g/mol. The second-order valence-electron chi connectivity index (χ2n) is 6.77. The predicted octanol–water partition coefficient (Wildman–Crippen LogP) is 4.07. The number of nitrogens with zero attached hydrogens (tertiary/aromatic N) is 1. The fraction of sp³-hybridized carbons (Fsp3) is 0.429. The van der Waals surface area contributed by atoms with Crippen LogP contribution in [-0.4, -0.2) is 29.2 Å². The highest BCUT2D eigenvalue weighted by Crippen LogP contribution is 2.34. The average Bonchev–Trinajstić information content (AvgIpc) is 2.69. The molecule has 1 aliphatic rings. The number of para-hydroxylation sites is 1. The van der Waals surface area contributed by atoms with E-state index >= 15 is 0 Å². The van der Waals surface area contributed by atoms with Gasteiger partial charge in [-0.2, -0.15) is 0 Å². The number of carbonyl (C=O) groups is 1. The maximum atomic E-state index is 11.3. The van der Waals surface area contributed by atoms with E-state index < -0.39 is 5.97 Å². The number of hydrogen-bond acceptors (Lipinski definition) is 4. The molecule has 2 N–H and O–H groups in total. The van der Waals surface area contributed by atoms with Crippen molar-refractivity contribution in [2.24, 2.45) is 5.92 Å². The Morgan fingerprint density at radius 2 is 2.00 bits per heavy atom. The lowest BCUT2D eigenvalue weighted by Crippen LogP contribution is -2.32. The van der Waals surface area contributed by atoms with Crippen LogP contribution in [-0.2, 0) is 0 Å². The molecular weight excluding hydrogens is 328 g/mol. The van der Waals surface area contributed by atoms with Crippen molar-refractivity contribution in [3.63, 3.8) is 0 Å². The Morgan fingerprint density at radius 3 is 2.73 bits per heavy atom. The van der Waals surface area contributed by atoms with E-state index in [1.54, 1.807) is 30.5 Å². The van der Waals surface area contributed by atoms with E-state index in [-0.39, 0.29) is 11.6 Å². The molecule has 1 heterocycles. The Balaban J connectivity index is 1.59. The van der Waals surface area contributed by atoms with Crippen molar-refractivity contribution < 1.29 is 14.6 Å². The van der Waals surface area contributed by atoms with Crippen LogP contribution in [0.4, 0.5) is 0 Å². The van der Waals surface area contributed by atoms with E-state index in [9.17, 15) is 9.90 Å². The fourth-order valence-electron chi connectivity index (χ4n) is 3.73. The van der Waals surface area contributed by atoms with Gasteiger partial charge in [0.1, 0.15) is 17.9 Å². The van der Waals surface area contributed by atoms with Gasteiger partial charge in [0.15, 0.2) is 0 Å². The van der Waals surface area contributed by atoms with Crippen molar-refractivity contribution in [3.05, 3.63) is 59.9 Å². The van der Waals surface area contributed by atoms with Gasteiger partial charge < -0.3 is 15.2 Å². The van der Waals surface area contributed by atoms with Crippen LogP contribution < -0.4 is 10.1 Å². The maximum Gasteiger partial charge on any atom is 0.339 e. The molecule has 0 spiro atoms. The topological polar surface area (TPSA) is 71.5 Å². The first-order chi connectivity index (χ1) is 12.8. The van der Waals surface area contributed by atoms with Gasteiger partial charge in [0.25, 0.3) is 0 Å². The first kappa shape index (κ1) is 18.4. The number of nitrogens with one attached hydrogen (secondary N) is 1. The standard InChI is InChI=1S/C21H26N2O3/c24-21(25)18-10-4-5-11-19(18)26-14-13-23-20(16-7-2-1-3-8-16)17-9-6-12-22-15-17/h4-6,9-12,15-16,20,23H,1-3,7-8,13-14H2,(H,24,25). The number of pyridine rings is 1. The molecule has 0 bridgehead atoms. The molecule has 0 radical (unpaired) electrons. The van der Waals surface area contributed by atoms with E-state index in [4.69, 9.17) is 4.74 Å². The number of aromatic carboxylic acids is 1. The zero-order valence-electron chi connectivity index (χ0n) is 14.9. The lowest BCUT2D eigenvalue weighted by atomic mass is 9.81. The lowest BCUT2D eigenvalue weighted by molar-refractivity contribution is 0.0692. The minimum atomic E-state index is -0.969. The largest absolute Gasteiger partial charge is 0.491 e. The van der Waals surface area contributed by atoms with E-state index in [0.29, 0.717) is 24.8 Å². The van der Waals surface area contributed by atoms with Crippen molar-refractivity contribution >= 4 is 5.97 Å². The SMILES string of the molecule is O=C(O)c1ccccc1OCCNC(c1cccnc1)C1CCCCC1. The van der Waals surface area contributed by atoms with Gasteiger partial charge in [-0.3, -0.25) is 4.98 Å². The molecule has 1 aromatic heterocycles. The Hall–Kier alpha value is -2.40. The van der Waals surface area contributed by atoms with E-state index in [2.05, 4.69) is 16.4 Å². The summed E-state index contributed by atoms with van der Waals surface area (Å²) in [6.07, 6.45) is 10.1. The third kappa shape index (κ3) is 4.82. The van der Waals surface area contributed by atoms with Gasteiger partial charge in [0.2, 0.25) is 0 Å². The summed E-state index contributed by atoms with van der Waals surface area (Å²) < 4.78 is 5.71. The Labute approximate surface area is 154 Å². The minimum Gasteiger partial charge on any atom is -0.491 e. The highest BCUT2D eigenvalue weighted by molar-refractivity contribution is 5.90. The normalized spacial score (nSPS) is 16.2.